The number of esters is 1. The van der Waals surface area contributed by atoms with Gasteiger partial charge in [0.05, 0.1) is 10.8 Å². The van der Waals surface area contributed by atoms with Crippen LogP contribution in [0, 0.1) is 28.1 Å². The minimum Gasteiger partial charge on any atom is -0.434 e. The summed E-state index contributed by atoms with van der Waals surface area (Å²) in [4.78, 5) is 23.7. The molecule has 1 N–H and O–H groups in total. The summed E-state index contributed by atoms with van der Waals surface area (Å²) in [6, 6.07) is 0. The van der Waals surface area contributed by atoms with Crippen LogP contribution in [0.5, 0.6) is 0 Å². The van der Waals surface area contributed by atoms with Gasteiger partial charge in [0.25, 0.3) is 0 Å². The minimum absolute atomic E-state index is 0.182. The summed E-state index contributed by atoms with van der Waals surface area (Å²) in [7, 11) is 0. The summed E-state index contributed by atoms with van der Waals surface area (Å²) in [5, 5.41) is 10.1. The average Bonchev–Trinajstić information content (AvgIpc) is 2.89. The quantitative estimate of drug-likeness (QED) is 0.573. The Balaban J connectivity index is 1.89. The number of hydrogen-bond donors (Lipinski definition) is 1. The zero-order valence-electron chi connectivity index (χ0n) is 11.2. The molecule has 0 spiro atoms. The smallest absolute Gasteiger partial charge is 0.315 e. The SMILES string of the molecule is CC1(C)C[C@@H]2C=C(C=O)[C@]34C[C@]3(C(=O)O[C@@H]4O)[C@H]2C1. The van der Waals surface area contributed by atoms with E-state index in [0.29, 0.717) is 12.0 Å². The normalized spacial score (nSPS) is 52.7. The molecule has 1 aliphatic heterocycles. The molecule has 0 radical (unpaired) electrons. The zero-order chi connectivity index (χ0) is 13.6. The van der Waals surface area contributed by atoms with Crippen LogP contribution < -0.4 is 0 Å². The van der Waals surface area contributed by atoms with Gasteiger partial charge in [0.2, 0.25) is 6.29 Å². The van der Waals surface area contributed by atoms with Crippen molar-refractivity contribution in [2.75, 3.05) is 0 Å². The lowest BCUT2D eigenvalue weighted by atomic mass is 9.69. The lowest BCUT2D eigenvalue weighted by Crippen LogP contribution is -2.35. The van der Waals surface area contributed by atoms with E-state index in [-0.39, 0.29) is 23.2 Å². The Morgan fingerprint density at radius 1 is 1.37 bits per heavy atom. The van der Waals surface area contributed by atoms with Gasteiger partial charge in [-0.05, 0) is 36.5 Å². The molecule has 0 aromatic heterocycles. The highest BCUT2D eigenvalue weighted by molar-refractivity contribution is 5.93. The van der Waals surface area contributed by atoms with E-state index in [1.807, 2.05) is 6.08 Å². The lowest BCUT2D eigenvalue weighted by Gasteiger charge is -2.30. The topological polar surface area (TPSA) is 63.6 Å². The standard InChI is InChI=1S/C15H18O4/c1-13(2)4-8-3-9(6-16)14-7-15(14,10(8)5-13)12(18)19-11(14)17/h3,6,8,10-11,17H,4-5,7H2,1-2H3/t8-,10-,11-,14-,15+/m0/s1. The number of cyclic esters (lactones) is 1. The first-order valence-corrected chi connectivity index (χ1v) is 6.94. The van der Waals surface area contributed by atoms with Crippen molar-refractivity contribution in [2.24, 2.45) is 28.1 Å². The number of rotatable bonds is 1. The van der Waals surface area contributed by atoms with Crippen molar-refractivity contribution in [3.8, 4) is 0 Å². The van der Waals surface area contributed by atoms with Crippen LogP contribution in [-0.2, 0) is 14.3 Å². The molecule has 4 nitrogen and oxygen atoms in total. The summed E-state index contributed by atoms with van der Waals surface area (Å²) in [6.07, 6.45) is 4.22. The number of carbonyl (C=O) groups excluding carboxylic acids is 2. The van der Waals surface area contributed by atoms with Gasteiger partial charge in [-0.1, -0.05) is 19.9 Å². The van der Waals surface area contributed by atoms with E-state index < -0.39 is 17.1 Å². The highest BCUT2D eigenvalue weighted by atomic mass is 16.6. The predicted octanol–water partition coefficient (Wildman–Crippen LogP) is 1.43. The van der Waals surface area contributed by atoms with Gasteiger partial charge in [0.15, 0.2) is 0 Å². The van der Waals surface area contributed by atoms with Gasteiger partial charge in [0.1, 0.15) is 6.29 Å². The fraction of sp³-hybridized carbons (Fsp3) is 0.733. The molecule has 0 amide bonds. The van der Waals surface area contributed by atoms with Gasteiger partial charge >= 0.3 is 5.97 Å². The van der Waals surface area contributed by atoms with Crippen molar-refractivity contribution in [1.29, 1.82) is 0 Å². The molecule has 4 rings (SSSR count). The second kappa shape index (κ2) is 2.95. The Morgan fingerprint density at radius 3 is 2.79 bits per heavy atom. The van der Waals surface area contributed by atoms with E-state index in [0.717, 1.165) is 19.1 Å². The molecule has 0 unspecified atom stereocenters. The molecule has 2 saturated carbocycles. The maximum Gasteiger partial charge on any atom is 0.315 e. The van der Waals surface area contributed by atoms with Crippen LogP contribution in [0.3, 0.4) is 0 Å². The van der Waals surface area contributed by atoms with Crippen molar-refractivity contribution in [3.63, 3.8) is 0 Å². The van der Waals surface area contributed by atoms with E-state index in [1.165, 1.54) is 0 Å². The van der Waals surface area contributed by atoms with Crippen LogP contribution >= 0.6 is 0 Å². The molecule has 4 heteroatoms. The number of allylic oxidation sites excluding steroid dienone is 1. The van der Waals surface area contributed by atoms with Crippen molar-refractivity contribution >= 4 is 12.3 Å². The van der Waals surface area contributed by atoms with Gasteiger partial charge in [-0.2, -0.15) is 0 Å². The number of carbonyl (C=O) groups is 2. The fourth-order valence-corrected chi connectivity index (χ4v) is 5.23. The maximum atomic E-state index is 12.3. The summed E-state index contributed by atoms with van der Waals surface area (Å²) in [5.41, 5.74) is -0.575. The number of ether oxygens (including phenoxy) is 1. The summed E-state index contributed by atoms with van der Waals surface area (Å²) < 4.78 is 5.08. The molecular formula is C15H18O4. The first-order chi connectivity index (χ1) is 8.87. The average molecular weight is 262 g/mol. The van der Waals surface area contributed by atoms with Gasteiger partial charge in [-0.15, -0.1) is 0 Å². The fourth-order valence-electron chi connectivity index (χ4n) is 5.23. The second-order valence-electron chi connectivity index (χ2n) is 7.46. The third-order valence-corrected chi connectivity index (χ3v) is 5.98. The third-order valence-electron chi connectivity index (χ3n) is 5.98. The molecule has 5 atom stereocenters. The van der Waals surface area contributed by atoms with E-state index in [9.17, 15) is 14.7 Å². The highest BCUT2D eigenvalue weighted by Gasteiger charge is 2.87. The van der Waals surface area contributed by atoms with Crippen LogP contribution in [0.4, 0.5) is 0 Å². The first kappa shape index (κ1) is 11.6. The van der Waals surface area contributed by atoms with Crippen molar-refractivity contribution < 1.29 is 19.4 Å². The molecule has 4 aliphatic rings. The zero-order valence-corrected chi connectivity index (χ0v) is 11.2. The summed E-state index contributed by atoms with van der Waals surface area (Å²) in [6.45, 7) is 4.41. The molecule has 1 saturated heterocycles. The number of aliphatic hydroxyl groups is 1. The largest absolute Gasteiger partial charge is 0.434 e. The van der Waals surface area contributed by atoms with E-state index in [4.69, 9.17) is 4.74 Å². The van der Waals surface area contributed by atoms with Gasteiger partial charge in [-0.3, -0.25) is 9.59 Å². The molecule has 0 bridgehead atoms. The van der Waals surface area contributed by atoms with Crippen molar-refractivity contribution in [1.82, 2.24) is 0 Å². The Bertz CT molecular complexity index is 534. The van der Waals surface area contributed by atoms with Crippen LogP contribution in [-0.4, -0.2) is 23.7 Å². The van der Waals surface area contributed by atoms with Crippen LogP contribution in [0.2, 0.25) is 0 Å². The van der Waals surface area contributed by atoms with Gasteiger partial charge in [-0.25, -0.2) is 0 Å². The maximum absolute atomic E-state index is 12.3. The number of aliphatic hydroxyl groups excluding tert-OH is 1. The number of aldehydes is 1. The Labute approximate surface area is 111 Å². The summed E-state index contributed by atoms with van der Waals surface area (Å²) in [5.74, 6) is 0.194. The van der Waals surface area contributed by atoms with Gasteiger partial charge < -0.3 is 9.84 Å². The highest BCUT2D eigenvalue weighted by Crippen LogP contribution is 2.82. The second-order valence-corrected chi connectivity index (χ2v) is 7.46. The molecule has 3 fully saturated rings. The minimum atomic E-state index is -1.14. The Kier molecular flexibility index (Phi) is 1.81. The van der Waals surface area contributed by atoms with E-state index in [1.54, 1.807) is 0 Å². The predicted molar refractivity (Wildman–Crippen MR) is 65.7 cm³/mol. The number of fused-ring (bicyclic) bond motifs is 1. The van der Waals surface area contributed by atoms with Crippen LogP contribution in [0.1, 0.15) is 33.1 Å². The molecule has 0 aromatic carbocycles. The number of hydrogen-bond acceptors (Lipinski definition) is 4. The molecular weight excluding hydrogens is 244 g/mol. The lowest BCUT2D eigenvalue weighted by molar-refractivity contribution is -0.165. The first-order valence-electron chi connectivity index (χ1n) is 6.94. The van der Waals surface area contributed by atoms with Crippen molar-refractivity contribution in [2.45, 2.75) is 39.4 Å². The third kappa shape index (κ3) is 1.04. The molecule has 0 aromatic rings. The van der Waals surface area contributed by atoms with Gasteiger partial charge in [0, 0.05) is 5.57 Å². The van der Waals surface area contributed by atoms with Crippen molar-refractivity contribution in [3.05, 3.63) is 11.6 Å². The van der Waals surface area contributed by atoms with Crippen LogP contribution in [0.15, 0.2) is 11.6 Å². The molecule has 102 valence electrons. The molecule has 3 aliphatic carbocycles. The van der Waals surface area contributed by atoms with E-state index >= 15 is 0 Å². The monoisotopic (exact) mass is 262 g/mol. The van der Waals surface area contributed by atoms with Crippen LogP contribution in [0.25, 0.3) is 0 Å². The Morgan fingerprint density at radius 2 is 2.11 bits per heavy atom. The molecule has 1 heterocycles. The summed E-state index contributed by atoms with van der Waals surface area (Å²) >= 11 is 0. The van der Waals surface area contributed by atoms with E-state index in [2.05, 4.69) is 13.8 Å². The molecule has 19 heavy (non-hydrogen) atoms. The Hall–Kier alpha value is -1.16.